The van der Waals surface area contributed by atoms with Crippen molar-refractivity contribution in [2.24, 2.45) is 0 Å². The fourth-order valence-corrected chi connectivity index (χ4v) is 2.46. The van der Waals surface area contributed by atoms with Gasteiger partial charge in [-0.2, -0.15) is 0 Å². The van der Waals surface area contributed by atoms with Crippen LogP contribution in [0.15, 0.2) is 18.2 Å². The molecule has 0 bridgehead atoms. The van der Waals surface area contributed by atoms with Crippen LogP contribution in [0.1, 0.15) is 31.4 Å². The van der Waals surface area contributed by atoms with Crippen molar-refractivity contribution in [2.75, 3.05) is 26.3 Å². The lowest BCUT2D eigenvalue weighted by molar-refractivity contribution is -0.386. The van der Waals surface area contributed by atoms with Gasteiger partial charge in [0.1, 0.15) is 12.0 Å². The molecule has 9 heteroatoms. The molecule has 1 amide bonds. The number of aliphatic hydroxyl groups excluding tert-OH is 1. The first-order chi connectivity index (χ1) is 12.0. The van der Waals surface area contributed by atoms with E-state index in [9.17, 15) is 20.0 Å². The van der Waals surface area contributed by atoms with Gasteiger partial charge < -0.3 is 25.2 Å². The molecule has 25 heavy (non-hydrogen) atoms. The van der Waals surface area contributed by atoms with E-state index in [0.29, 0.717) is 25.3 Å². The van der Waals surface area contributed by atoms with Gasteiger partial charge in [-0.3, -0.25) is 14.9 Å². The van der Waals surface area contributed by atoms with E-state index in [0.717, 1.165) is 6.54 Å². The summed E-state index contributed by atoms with van der Waals surface area (Å²) in [4.78, 5) is 22.2. The van der Waals surface area contributed by atoms with Gasteiger partial charge in [0.15, 0.2) is 0 Å². The molecule has 1 heterocycles. The predicted molar refractivity (Wildman–Crippen MR) is 89.2 cm³/mol. The summed E-state index contributed by atoms with van der Waals surface area (Å²) >= 11 is 0. The van der Waals surface area contributed by atoms with Gasteiger partial charge in [0, 0.05) is 25.6 Å². The zero-order valence-electron chi connectivity index (χ0n) is 14.1. The number of nitrogens with one attached hydrogen (secondary N) is 2. The third-order valence-electron chi connectivity index (χ3n) is 3.71. The highest BCUT2D eigenvalue weighted by molar-refractivity contribution is 5.76. The van der Waals surface area contributed by atoms with Gasteiger partial charge in [0.2, 0.25) is 5.91 Å². The fraction of sp³-hybridized carbons (Fsp3) is 0.562. The van der Waals surface area contributed by atoms with Crippen molar-refractivity contribution in [1.82, 2.24) is 10.6 Å². The van der Waals surface area contributed by atoms with Crippen LogP contribution in [-0.2, 0) is 9.53 Å². The molecule has 0 saturated carbocycles. The van der Waals surface area contributed by atoms with Crippen molar-refractivity contribution in [2.45, 2.75) is 32.1 Å². The van der Waals surface area contributed by atoms with Crippen molar-refractivity contribution in [1.29, 1.82) is 0 Å². The van der Waals surface area contributed by atoms with E-state index in [1.54, 1.807) is 0 Å². The molecule has 1 aromatic rings. The van der Waals surface area contributed by atoms with Crippen LogP contribution < -0.4 is 15.4 Å². The molecule has 1 fully saturated rings. The Morgan fingerprint density at radius 3 is 3.04 bits per heavy atom. The summed E-state index contributed by atoms with van der Waals surface area (Å²) in [5.41, 5.74) is 0.0463. The Bertz CT molecular complexity index is 602. The highest BCUT2D eigenvalue weighted by Gasteiger charge is 2.18. The first-order valence-corrected chi connectivity index (χ1v) is 8.18. The fourth-order valence-electron chi connectivity index (χ4n) is 2.46. The van der Waals surface area contributed by atoms with Crippen LogP contribution in [0.2, 0.25) is 0 Å². The molecule has 1 saturated heterocycles. The van der Waals surface area contributed by atoms with E-state index in [1.165, 1.54) is 25.1 Å². The average Bonchev–Trinajstić information content (AvgIpc) is 2.59. The van der Waals surface area contributed by atoms with Crippen LogP contribution in [0.25, 0.3) is 0 Å². The number of carbonyl (C=O) groups is 1. The number of hydrogen-bond acceptors (Lipinski definition) is 7. The summed E-state index contributed by atoms with van der Waals surface area (Å²) in [6.45, 7) is 3.68. The van der Waals surface area contributed by atoms with E-state index in [4.69, 9.17) is 9.47 Å². The minimum Gasteiger partial charge on any atom is -0.494 e. The van der Waals surface area contributed by atoms with Crippen molar-refractivity contribution < 1.29 is 24.3 Å². The standard InChI is InChI=1S/C16H23N3O6/c1-11(20)13-9-12(4-5-14(13)19(22)23)24-7-2-3-15(21)18-16-10-17-6-8-25-16/h4-5,9,11,16-17,20H,2-3,6-8,10H2,1H3,(H,18,21). The number of carbonyl (C=O) groups excluding carboxylic acids is 1. The molecule has 0 radical (unpaired) electrons. The second-order valence-electron chi connectivity index (χ2n) is 5.74. The molecule has 9 nitrogen and oxygen atoms in total. The summed E-state index contributed by atoms with van der Waals surface area (Å²) in [6, 6.07) is 4.23. The zero-order valence-corrected chi connectivity index (χ0v) is 14.1. The van der Waals surface area contributed by atoms with Crippen LogP contribution >= 0.6 is 0 Å². The number of rotatable bonds is 8. The molecule has 0 spiro atoms. The third kappa shape index (κ3) is 5.96. The Morgan fingerprint density at radius 2 is 2.40 bits per heavy atom. The Balaban J connectivity index is 1.76. The van der Waals surface area contributed by atoms with Crippen LogP contribution in [-0.4, -0.2) is 48.5 Å². The maximum Gasteiger partial charge on any atom is 0.275 e. The maximum atomic E-state index is 11.8. The molecule has 1 aliphatic heterocycles. The molecule has 1 aliphatic rings. The van der Waals surface area contributed by atoms with E-state index in [2.05, 4.69) is 10.6 Å². The van der Waals surface area contributed by atoms with Crippen molar-refractivity contribution in [3.8, 4) is 5.75 Å². The number of nitrogens with zero attached hydrogens (tertiary/aromatic N) is 1. The Hall–Kier alpha value is -2.23. The number of hydrogen-bond donors (Lipinski definition) is 3. The highest BCUT2D eigenvalue weighted by Crippen LogP contribution is 2.29. The Kier molecular flexibility index (Phi) is 7.11. The number of nitro groups is 1. The molecule has 0 aliphatic carbocycles. The molecule has 1 aromatic carbocycles. The smallest absolute Gasteiger partial charge is 0.275 e. The van der Waals surface area contributed by atoms with E-state index < -0.39 is 11.0 Å². The van der Waals surface area contributed by atoms with E-state index >= 15 is 0 Å². The molecule has 0 aromatic heterocycles. The van der Waals surface area contributed by atoms with Gasteiger partial charge in [-0.25, -0.2) is 0 Å². The van der Waals surface area contributed by atoms with Gasteiger partial charge in [-0.15, -0.1) is 0 Å². The molecule has 138 valence electrons. The summed E-state index contributed by atoms with van der Waals surface area (Å²) < 4.78 is 10.9. The molecule has 2 rings (SSSR count). The van der Waals surface area contributed by atoms with Crippen molar-refractivity contribution >= 4 is 11.6 Å². The lowest BCUT2D eigenvalue weighted by atomic mass is 10.1. The number of benzene rings is 1. The predicted octanol–water partition coefficient (Wildman–Crippen LogP) is 0.869. The van der Waals surface area contributed by atoms with E-state index in [-0.39, 0.29) is 36.4 Å². The van der Waals surface area contributed by atoms with Crippen LogP contribution in [0, 0.1) is 10.1 Å². The summed E-state index contributed by atoms with van der Waals surface area (Å²) in [5.74, 6) is 0.299. The number of nitro benzene ring substituents is 1. The molecule has 3 N–H and O–H groups in total. The Labute approximate surface area is 145 Å². The summed E-state index contributed by atoms with van der Waals surface area (Å²) in [6.07, 6.45) is -0.493. The van der Waals surface area contributed by atoms with Crippen molar-refractivity contribution in [3.05, 3.63) is 33.9 Å². The SMILES string of the molecule is CC(O)c1cc(OCCCC(=O)NC2CNCCO2)ccc1[N+](=O)[O-]. The second-order valence-corrected chi connectivity index (χ2v) is 5.74. The zero-order chi connectivity index (χ0) is 18.2. The number of ether oxygens (including phenoxy) is 2. The van der Waals surface area contributed by atoms with Gasteiger partial charge in [-0.1, -0.05) is 0 Å². The lowest BCUT2D eigenvalue weighted by Gasteiger charge is -2.24. The topological polar surface area (TPSA) is 123 Å². The largest absolute Gasteiger partial charge is 0.494 e. The maximum absolute atomic E-state index is 11.8. The molecule has 2 unspecified atom stereocenters. The highest BCUT2D eigenvalue weighted by atomic mass is 16.6. The van der Waals surface area contributed by atoms with Gasteiger partial charge in [0.25, 0.3) is 5.69 Å². The molecular formula is C16H23N3O6. The summed E-state index contributed by atoms with van der Waals surface area (Å²) in [5, 5.41) is 26.5. The third-order valence-corrected chi connectivity index (χ3v) is 3.71. The van der Waals surface area contributed by atoms with Crippen LogP contribution in [0.5, 0.6) is 5.75 Å². The number of morpholine rings is 1. The first kappa shape index (κ1) is 19.1. The van der Waals surface area contributed by atoms with Gasteiger partial charge in [0.05, 0.1) is 29.8 Å². The average molecular weight is 353 g/mol. The lowest BCUT2D eigenvalue weighted by Crippen LogP contribution is -2.48. The Morgan fingerprint density at radius 1 is 1.60 bits per heavy atom. The quantitative estimate of drug-likeness (QED) is 0.360. The van der Waals surface area contributed by atoms with Crippen molar-refractivity contribution in [3.63, 3.8) is 0 Å². The molecular weight excluding hydrogens is 330 g/mol. The van der Waals surface area contributed by atoms with Crippen LogP contribution in [0.4, 0.5) is 5.69 Å². The first-order valence-electron chi connectivity index (χ1n) is 8.18. The van der Waals surface area contributed by atoms with E-state index in [1.807, 2.05) is 0 Å². The monoisotopic (exact) mass is 353 g/mol. The molecule has 2 atom stereocenters. The minimum absolute atomic E-state index is 0.120. The van der Waals surface area contributed by atoms with Gasteiger partial charge >= 0.3 is 0 Å². The number of amides is 1. The summed E-state index contributed by atoms with van der Waals surface area (Å²) in [7, 11) is 0. The normalized spacial score (nSPS) is 18.4. The number of aliphatic hydroxyl groups is 1. The van der Waals surface area contributed by atoms with Crippen LogP contribution in [0.3, 0.4) is 0 Å². The van der Waals surface area contributed by atoms with Gasteiger partial charge in [-0.05, 0) is 25.5 Å². The minimum atomic E-state index is -0.973. The second kappa shape index (κ2) is 9.30.